The second-order valence-electron chi connectivity index (χ2n) is 6.21. The molecule has 0 radical (unpaired) electrons. The van der Waals surface area contributed by atoms with Crippen LogP contribution in [0.5, 0.6) is 0 Å². The van der Waals surface area contributed by atoms with Gasteiger partial charge in [0.05, 0.1) is 5.56 Å². The van der Waals surface area contributed by atoms with E-state index in [1.807, 2.05) is 0 Å². The topological polar surface area (TPSA) is 44.7 Å². The second kappa shape index (κ2) is 6.79. The molecule has 1 unspecified atom stereocenters. The predicted molar refractivity (Wildman–Crippen MR) is 84.4 cm³/mol. The number of alkyl halides is 5. The molecule has 0 bridgehead atoms. The van der Waals surface area contributed by atoms with E-state index in [1.165, 1.54) is 30.6 Å². The number of hydrogen-bond acceptors (Lipinski definition) is 3. The summed E-state index contributed by atoms with van der Waals surface area (Å²) in [5, 5.41) is 3.07. The van der Waals surface area contributed by atoms with Crippen molar-refractivity contribution in [1.29, 1.82) is 0 Å². The van der Waals surface area contributed by atoms with Crippen LogP contribution in [0.4, 0.5) is 22.0 Å². The Kier molecular flexibility index (Phi) is 4.83. The number of aliphatic imine (C=N–C) groups is 1. The van der Waals surface area contributed by atoms with Gasteiger partial charge < -0.3 is 0 Å². The summed E-state index contributed by atoms with van der Waals surface area (Å²) in [7, 11) is 0. The molecule has 1 atom stereocenters. The number of amides is 1. The summed E-state index contributed by atoms with van der Waals surface area (Å²) in [5.41, 5.74) is -0.868. The summed E-state index contributed by atoms with van der Waals surface area (Å²) in [6.45, 7) is 0. The lowest BCUT2D eigenvalue weighted by Crippen LogP contribution is -2.58. The highest BCUT2D eigenvalue weighted by Crippen LogP contribution is 2.43. The quantitative estimate of drug-likeness (QED) is 0.819. The average Bonchev–Trinajstić information content (AvgIpc) is 2.57. The van der Waals surface area contributed by atoms with E-state index in [4.69, 9.17) is 0 Å². The summed E-state index contributed by atoms with van der Waals surface area (Å²) < 4.78 is 63.8. The van der Waals surface area contributed by atoms with Crippen LogP contribution < -0.4 is 5.32 Å². The third kappa shape index (κ3) is 3.48. The second-order valence-corrected chi connectivity index (χ2v) is 6.21. The van der Waals surface area contributed by atoms with Crippen molar-refractivity contribution in [2.45, 2.75) is 43.7 Å². The summed E-state index contributed by atoms with van der Waals surface area (Å²) in [4.78, 5) is 16.5. The lowest BCUT2D eigenvalue weighted by atomic mass is 9.71. The highest BCUT2D eigenvalue weighted by atomic mass is 19.4. The molecule has 26 heavy (non-hydrogen) atoms. The number of hydrogen-bond donors (Lipinski definition) is 1. The van der Waals surface area contributed by atoms with Crippen LogP contribution in [0.2, 0.25) is 0 Å². The number of rotatable bonds is 4. The number of benzene rings is 1. The zero-order chi connectivity index (χ0) is 18.9. The first-order valence-electron chi connectivity index (χ1n) is 7.99. The fourth-order valence-electron chi connectivity index (χ4n) is 3.10. The van der Waals surface area contributed by atoms with Gasteiger partial charge in [0, 0.05) is 18.0 Å². The molecule has 1 heterocycles. The molecule has 140 valence electrons. The molecule has 1 fully saturated rings. The van der Waals surface area contributed by atoms with Crippen molar-refractivity contribution >= 4 is 12.1 Å². The van der Waals surface area contributed by atoms with Crippen molar-refractivity contribution in [3.63, 3.8) is 0 Å². The Balaban J connectivity index is 1.83. The molecular weight excluding hydrogens is 357 g/mol. The number of nitrogens with one attached hydrogen (secondary N) is 1. The Labute approximate surface area is 146 Å². The smallest absolute Gasteiger partial charge is 0.278 e. The van der Waals surface area contributed by atoms with E-state index in [1.54, 1.807) is 0 Å². The van der Waals surface area contributed by atoms with Crippen molar-refractivity contribution in [3.05, 3.63) is 47.7 Å². The molecular formula is C17H16F5N3O. The number of halogens is 5. The molecule has 1 aromatic rings. The van der Waals surface area contributed by atoms with Crippen LogP contribution in [0.1, 0.15) is 30.4 Å². The van der Waals surface area contributed by atoms with Gasteiger partial charge in [-0.25, -0.2) is 0 Å². The number of nitrogens with zero attached hydrogens (tertiary/aromatic N) is 2. The molecule has 1 saturated carbocycles. The minimum absolute atomic E-state index is 0.602. The van der Waals surface area contributed by atoms with Gasteiger partial charge in [-0.2, -0.15) is 22.0 Å². The van der Waals surface area contributed by atoms with Crippen molar-refractivity contribution in [1.82, 2.24) is 10.2 Å². The molecule has 2 aliphatic rings. The fourth-order valence-corrected chi connectivity index (χ4v) is 3.10. The van der Waals surface area contributed by atoms with Crippen LogP contribution in [-0.4, -0.2) is 29.7 Å². The van der Waals surface area contributed by atoms with Gasteiger partial charge in [-0.1, -0.05) is 12.1 Å². The standard InChI is InChI=1S/C17H16F5N3O/c18-13(19)14(26)25-10-2-9-23-15(25)24-16(7-1-8-16)11-3-5-12(6-4-11)17(20,21)22/h2-6,9-10,13,15,24H,1,7-8H2. The Hall–Kier alpha value is -2.29. The summed E-state index contributed by atoms with van der Waals surface area (Å²) in [5.74, 6) is -1.39. The SMILES string of the molecule is O=C(C(F)F)N1C=CC=NC1NC1(c2ccc(C(F)(F)F)cc2)CCC1. The molecule has 1 aliphatic heterocycles. The lowest BCUT2D eigenvalue weighted by molar-refractivity contribution is -0.143. The van der Waals surface area contributed by atoms with Gasteiger partial charge >= 0.3 is 12.6 Å². The molecule has 1 N–H and O–H groups in total. The molecule has 3 rings (SSSR count). The Morgan fingerprint density at radius 1 is 1.23 bits per heavy atom. The van der Waals surface area contributed by atoms with E-state index in [2.05, 4.69) is 10.3 Å². The van der Waals surface area contributed by atoms with Crippen molar-refractivity contribution < 1.29 is 26.7 Å². The maximum Gasteiger partial charge on any atom is 0.416 e. The average molecular weight is 373 g/mol. The monoisotopic (exact) mass is 373 g/mol. The molecule has 1 aromatic carbocycles. The lowest BCUT2D eigenvalue weighted by Gasteiger charge is -2.46. The summed E-state index contributed by atoms with van der Waals surface area (Å²) in [6.07, 6.45) is -2.67. The highest BCUT2D eigenvalue weighted by molar-refractivity contribution is 5.83. The minimum Gasteiger partial charge on any atom is -0.278 e. The van der Waals surface area contributed by atoms with E-state index in [0.717, 1.165) is 23.5 Å². The van der Waals surface area contributed by atoms with E-state index >= 15 is 0 Å². The Bertz CT molecular complexity index is 723. The molecule has 4 nitrogen and oxygen atoms in total. The highest BCUT2D eigenvalue weighted by Gasteiger charge is 2.43. The Morgan fingerprint density at radius 3 is 2.38 bits per heavy atom. The zero-order valence-electron chi connectivity index (χ0n) is 13.5. The van der Waals surface area contributed by atoms with Gasteiger partial charge in [-0.3, -0.25) is 20.0 Å². The maximum atomic E-state index is 12.8. The van der Waals surface area contributed by atoms with Crippen LogP contribution in [0.15, 0.2) is 41.5 Å². The van der Waals surface area contributed by atoms with Crippen molar-refractivity contribution in [2.75, 3.05) is 0 Å². The fraction of sp³-hybridized carbons (Fsp3) is 0.412. The zero-order valence-corrected chi connectivity index (χ0v) is 13.5. The third-order valence-corrected chi connectivity index (χ3v) is 4.64. The van der Waals surface area contributed by atoms with Crippen LogP contribution in [-0.2, 0) is 16.5 Å². The first-order chi connectivity index (χ1) is 12.2. The number of carbonyl (C=O) groups excluding carboxylic acids is 1. The number of allylic oxidation sites excluding steroid dienone is 1. The largest absolute Gasteiger partial charge is 0.416 e. The predicted octanol–water partition coefficient (Wildman–Crippen LogP) is 3.65. The van der Waals surface area contributed by atoms with Crippen molar-refractivity contribution in [3.8, 4) is 0 Å². The minimum atomic E-state index is -4.43. The van der Waals surface area contributed by atoms with Gasteiger partial charge in [-0.05, 0) is 43.0 Å². The third-order valence-electron chi connectivity index (χ3n) is 4.64. The molecule has 9 heteroatoms. The van der Waals surface area contributed by atoms with Crippen molar-refractivity contribution in [2.24, 2.45) is 4.99 Å². The van der Waals surface area contributed by atoms with E-state index in [9.17, 15) is 26.7 Å². The molecule has 0 saturated heterocycles. The normalized spacial score (nSPS) is 21.8. The molecule has 0 spiro atoms. The number of carbonyl (C=O) groups is 1. The van der Waals surface area contributed by atoms with Gasteiger partial charge in [0.25, 0.3) is 5.91 Å². The van der Waals surface area contributed by atoms with E-state index in [-0.39, 0.29) is 0 Å². The molecule has 0 aromatic heterocycles. The van der Waals surface area contributed by atoms with Gasteiger partial charge in [0.2, 0.25) is 0 Å². The van der Waals surface area contributed by atoms with Crippen LogP contribution in [0.3, 0.4) is 0 Å². The van der Waals surface area contributed by atoms with Crippen LogP contribution >= 0.6 is 0 Å². The van der Waals surface area contributed by atoms with Crippen LogP contribution in [0.25, 0.3) is 0 Å². The molecule has 1 aliphatic carbocycles. The first-order valence-corrected chi connectivity index (χ1v) is 7.99. The van der Waals surface area contributed by atoms with Crippen LogP contribution in [0, 0.1) is 0 Å². The van der Waals surface area contributed by atoms with Gasteiger partial charge in [-0.15, -0.1) is 0 Å². The van der Waals surface area contributed by atoms with Gasteiger partial charge in [0.15, 0.2) is 6.29 Å². The summed E-state index contributed by atoms with van der Waals surface area (Å²) >= 11 is 0. The van der Waals surface area contributed by atoms with E-state index < -0.39 is 35.9 Å². The maximum absolute atomic E-state index is 12.8. The first kappa shape index (κ1) is 18.5. The summed E-state index contributed by atoms with van der Waals surface area (Å²) in [6, 6.07) is 4.72. The Morgan fingerprint density at radius 2 is 1.88 bits per heavy atom. The van der Waals surface area contributed by atoms with Gasteiger partial charge in [0.1, 0.15) is 0 Å². The molecule has 1 amide bonds. The van der Waals surface area contributed by atoms with E-state index in [0.29, 0.717) is 18.4 Å².